The van der Waals surface area contributed by atoms with Gasteiger partial charge in [0.05, 0.1) is 5.56 Å². The van der Waals surface area contributed by atoms with Crippen molar-refractivity contribution in [1.29, 1.82) is 0 Å². The molecule has 2 N–H and O–H groups in total. The highest BCUT2D eigenvalue weighted by molar-refractivity contribution is 9.11. The number of phenolic OH excluding ortho intramolecular Hbond substituents is 1. The minimum atomic E-state index is -1.09. The van der Waals surface area contributed by atoms with E-state index in [1.54, 1.807) is 18.2 Å². The van der Waals surface area contributed by atoms with Crippen LogP contribution in [0, 0.1) is 0 Å². The van der Waals surface area contributed by atoms with E-state index in [0.29, 0.717) is 31.0 Å². The summed E-state index contributed by atoms with van der Waals surface area (Å²) < 4.78 is 7.47. The average Bonchev–Trinajstić information content (AvgIpc) is 2.68. The molecule has 0 saturated carbocycles. The Hall–Kier alpha value is -1.68. The SMILES string of the molecule is O=C(O)c1ccccc1-c1c2c(Br)cc(=O)c(Br)c-2oc2c(Br)c(O)cc(Br)c12. The van der Waals surface area contributed by atoms with Gasteiger partial charge < -0.3 is 14.6 Å². The molecule has 0 aromatic heterocycles. The molecule has 29 heavy (non-hydrogen) atoms. The smallest absolute Gasteiger partial charge is 0.336 e. The fourth-order valence-corrected chi connectivity index (χ4v) is 5.18. The number of rotatable bonds is 2. The van der Waals surface area contributed by atoms with E-state index in [0.717, 1.165) is 0 Å². The van der Waals surface area contributed by atoms with Crippen molar-refractivity contribution in [1.82, 2.24) is 0 Å². The molecule has 0 saturated heterocycles. The lowest BCUT2D eigenvalue weighted by atomic mass is 9.91. The van der Waals surface area contributed by atoms with Gasteiger partial charge in [-0.1, -0.05) is 18.2 Å². The first-order valence-electron chi connectivity index (χ1n) is 8.00. The van der Waals surface area contributed by atoms with Crippen molar-refractivity contribution >= 4 is 80.7 Å². The zero-order valence-electron chi connectivity index (χ0n) is 14.1. The van der Waals surface area contributed by atoms with Crippen LogP contribution < -0.4 is 5.43 Å². The third kappa shape index (κ3) is 3.24. The summed E-state index contributed by atoms with van der Waals surface area (Å²) in [6, 6.07) is 9.46. The Labute approximate surface area is 197 Å². The van der Waals surface area contributed by atoms with Gasteiger partial charge in [-0.05, 0) is 81.4 Å². The monoisotopic (exact) mass is 644 g/mol. The van der Waals surface area contributed by atoms with Crippen molar-refractivity contribution in [3.05, 3.63) is 70.1 Å². The Morgan fingerprint density at radius 3 is 2.31 bits per heavy atom. The van der Waals surface area contributed by atoms with Crippen LogP contribution in [0.5, 0.6) is 5.75 Å². The van der Waals surface area contributed by atoms with Gasteiger partial charge in [0.2, 0.25) is 0 Å². The number of halogens is 4. The number of carbonyl (C=O) groups is 1. The second-order valence-corrected chi connectivity index (χ2v) is 9.39. The summed E-state index contributed by atoms with van der Waals surface area (Å²) in [5, 5.41) is 20.5. The maximum Gasteiger partial charge on any atom is 0.336 e. The molecule has 2 aromatic rings. The normalized spacial score (nSPS) is 11.3. The van der Waals surface area contributed by atoms with E-state index in [1.807, 2.05) is 0 Å². The Kier molecular flexibility index (Phi) is 5.35. The zero-order chi connectivity index (χ0) is 21.0. The summed E-state index contributed by atoms with van der Waals surface area (Å²) in [6.07, 6.45) is 0. The number of carboxylic acid groups (broad SMARTS) is 1. The molecule has 146 valence electrons. The van der Waals surface area contributed by atoms with Crippen LogP contribution >= 0.6 is 63.7 Å². The Balaban J connectivity index is 2.38. The molecule has 1 aliphatic carbocycles. The standard InChI is InChI=1S/C20H8Br4O5/c21-9-5-11(25)16(23)18-14(9)13(7-3-1-2-4-8(7)20(27)28)15-10(22)6-12(26)17(24)19(15)29-18/h1-6,25H,(H,27,28). The van der Waals surface area contributed by atoms with Gasteiger partial charge in [-0.15, -0.1) is 0 Å². The molecule has 5 nitrogen and oxygen atoms in total. The fraction of sp³-hybridized carbons (Fsp3) is 0. The molecular weight excluding hydrogens is 640 g/mol. The largest absolute Gasteiger partial charge is 0.507 e. The van der Waals surface area contributed by atoms with Gasteiger partial charge in [-0.3, -0.25) is 4.79 Å². The molecule has 4 rings (SSSR count). The number of carboxylic acids is 1. The molecule has 0 amide bonds. The topological polar surface area (TPSA) is 87.7 Å². The van der Waals surface area contributed by atoms with Gasteiger partial charge >= 0.3 is 5.97 Å². The molecule has 0 fully saturated rings. The van der Waals surface area contributed by atoms with Crippen LogP contribution in [0.4, 0.5) is 0 Å². The molecule has 0 atom stereocenters. The predicted octanol–water partition coefficient (Wildman–Crippen LogP) is 7.02. The highest BCUT2D eigenvalue weighted by Gasteiger charge is 2.28. The fourth-order valence-electron chi connectivity index (χ4n) is 3.21. The van der Waals surface area contributed by atoms with E-state index in [-0.39, 0.29) is 37.0 Å². The minimum Gasteiger partial charge on any atom is -0.507 e. The lowest BCUT2D eigenvalue weighted by Crippen LogP contribution is -2.07. The van der Waals surface area contributed by atoms with Crippen LogP contribution in [0.15, 0.2) is 63.5 Å². The van der Waals surface area contributed by atoms with Crippen molar-refractivity contribution < 1.29 is 19.4 Å². The first-order valence-corrected chi connectivity index (χ1v) is 11.2. The number of benzene rings is 3. The van der Waals surface area contributed by atoms with Gasteiger partial charge in [-0.25, -0.2) is 4.79 Å². The number of aromatic carboxylic acids is 1. The summed E-state index contributed by atoms with van der Waals surface area (Å²) in [5.41, 5.74) is 1.55. The van der Waals surface area contributed by atoms with E-state index in [9.17, 15) is 19.8 Å². The summed E-state index contributed by atoms with van der Waals surface area (Å²) in [6.45, 7) is 0. The Morgan fingerprint density at radius 2 is 1.62 bits per heavy atom. The molecular formula is C20H8Br4O5. The zero-order valence-corrected chi connectivity index (χ0v) is 20.4. The van der Waals surface area contributed by atoms with Gasteiger partial charge in [0, 0.05) is 31.5 Å². The second-order valence-electron chi connectivity index (χ2n) is 6.10. The van der Waals surface area contributed by atoms with Crippen LogP contribution in [0.3, 0.4) is 0 Å². The van der Waals surface area contributed by atoms with Crippen molar-refractivity contribution in [2.45, 2.75) is 0 Å². The number of hydrogen-bond donors (Lipinski definition) is 2. The first kappa shape index (κ1) is 20.6. The Morgan fingerprint density at radius 1 is 0.931 bits per heavy atom. The highest BCUT2D eigenvalue weighted by atomic mass is 79.9. The molecule has 0 bridgehead atoms. The van der Waals surface area contributed by atoms with Crippen LogP contribution in [0.2, 0.25) is 0 Å². The van der Waals surface area contributed by atoms with E-state index in [1.165, 1.54) is 18.2 Å². The number of phenols is 1. The van der Waals surface area contributed by atoms with E-state index >= 15 is 0 Å². The van der Waals surface area contributed by atoms with Crippen LogP contribution in [-0.4, -0.2) is 16.2 Å². The summed E-state index contributed by atoms with van der Waals surface area (Å²) in [4.78, 5) is 24.3. The predicted molar refractivity (Wildman–Crippen MR) is 124 cm³/mol. The van der Waals surface area contributed by atoms with E-state index in [2.05, 4.69) is 63.7 Å². The first-order chi connectivity index (χ1) is 13.7. The van der Waals surface area contributed by atoms with E-state index in [4.69, 9.17) is 4.42 Å². The average molecular weight is 648 g/mol. The lowest BCUT2D eigenvalue weighted by molar-refractivity contribution is 0.0697. The maximum atomic E-state index is 12.3. The summed E-state index contributed by atoms with van der Waals surface area (Å²) in [5.74, 6) is -0.934. The molecule has 1 aliphatic heterocycles. The minimum absolute atomic E-state index is 0.0709. The molecule has 0 unspecified atom stereocenters. The summed E-state index contributed by atoms with van der Waals surface area (Å²) >= 11 is 13.5. The van der Waals surface area contributed by atoms with Crippen molar-refractivity contribution in [2.24, 2.45) is 0 Å². The summed E-state index contributed by atoms with van der Waals surface area (Å²) in [7, 11) is 0. The van der Waals surface area contributed by atoms with Gasteiger partial charge in [0.25, 0.3) is 0 Å². The third-order valence-corrected chi connectivity index (χ3v) is 7.19. The molecule has 2 aromatic carbocycles. The number of fused-ring (bicyclic) bond motifs is 2. The van der Waals surface area contributed by atoms with Gasteiger partial charge in [-0.2, -0.15) is 0 Å². The number of hydrogen-bond acceptors (Lipinski definition) is 4. The van der Waals surface area contributed by atoms with E-state index < -0.39 is 5.97 Å². The third-order valence-electron chi connectivity index (χ3n) is 4.42. The molecule has 9 heteroatoms. The van der Waals surface area contributed by atoms with Crippen molar-refractivity contribution in [3.8, 4) is 28.2 Å². The number of aromatic hydroxyl groups is 1. The van der Waals surface area contributed by atoms with Gasteiger partial charge in [0.15, 0.2) is 16.8 Å². The lowest BCUT2D eigenvalue weighted by Gasteiger charge is -2.20. The second kappa shape index (κ2) is 7.54. The van der Waals surface area contributed by atoms with Crippen LogP contribution in [-0.2, 0) is 0 Å². The molecule has 0 radical (unpaired) electrons. The quantitative estimate of drug-likeness (QED) is 0.229. The van der Waals surface area contributed by atoms with Gasteiger partial charge in [0.1, 0.15) is 14.7 Å². The molecule has 0 spiro atoms. The maximum absolute atomic E-state index is 12.3. The van der Waals surface area contributed by atoms with Crippen LogP contribution in [0.1, 0.15) is 10.4 Å². The van der Waals surface area contributed by atoms with Crippen LogP contribution in [0.25, 0.3) is 33.4 Å². The molecule has 2 aliphatic rings. The van der Waals surface area contributed by atoms with Crippen molar-refractivity contribution in [3.63, 3.8) is 0 Å². The Bertz CT molecular complexity index is 1360. The molecule has 1 heterocycles. The highest BCUT2D eigenvalue weighted by Crippen LogP contribution is 2.51. The van der Waals surface area contributed by atoms with Crippen molar-refractivity contribution in [2.75, 3.05) is 0 Å².